The molecule has 3 rings (SSSR count). The van der Waals surface area contributed by atoms with Crippen LogP contribution in [0.4, 0.5) is 4.79 Å². The predicted molar refractivity (Wildman–Crippen MR) is 128 cm³/mol. The van der Waals surface area contributed by atoms with Gasteiger partial charge in [0.15, 0.2) is 0 Å². The number of carboxylic acid groups (broad SMARTS) is 1. The average Bonchev–Trinajstić information content (AvgIpc) is 3.23. The Kier molecular flexibility index (Phi) is 7.89. The van der Waals surface area contributed by atoms with E-state index in [1.54, 1.807) is 46.1 Å². The van der Waals surface area contributed by atoms with Gasteiger partial charge in [0.05, 0.1) is 13.3 Å². The largest absolute Gasteiger partial charge is 0.497 e. The number of rotatable bonds is 7. The minimum Gasteiger partial charge on any atom is -0.497 e. The molecule has 2 heterocycles. The lowest BCUT2D eigenvalue weighted by Gasteiger charge is -2.39. The number of nitrogens with one attached hydrogen (secondary N) is 1. The first-order valence-corrected chi connectivity index (χ1v) is 13.2. The summed E-state index contributed by atoms with van der Waals surface area (Å²) >= 11 is 1.11. The first-order valence-electron chi connectivity index (χ1n) is 10.9. The van der Waals surface area contributed by atoms with Crippen molar-refractivity contribution in [2.75, 3.05) is 13.7 Å². The highest BCUT2D eigenvalue weighted by Gasteiger charge is 2.37. The third-order valence-electron chi connectivity index (χ3n) is 5.31. The van der Waals surface area contributed by atoms with Crippen LogP contribution < -0.4 is 9.46 Å². The number of carbonyl (C=O) groups excluding carboxylic acids is 1. The van der Waals surface area contributed by atoms with Gasteiger partial charge >= 0.3 is 12.1 Å². The van der Waals surface area contributed by atoms with Crippen molar-refractivity contribution in [2.24, 2.45) is 5.92 Å². The third-order valence-corrected chi connectivity index (χ3v) is 8.40. The molecule has 186 valence electrons. The quantitative estimate of drug-likeness (QED) is 0.574. The van der Waals surface area contributed by atoms with Gasteiger partial charge in [-0.05, 0) is 81.5 Å². The number of amides is 1. The number of sulfonamides is 1. The maximum atomic E-state index is 13.2. The number of carboxylic acids is 1. The van der Waals surface area contributed by atoms with E-state index >= 15 is 0 Å². The molecule has 1 aromatic carbocycles. The second-order valence-electron chi connectivity index (χ2n) is 9.15. The molecule has 1 aliphatic rings. The Hall–Kier alpha value is -2.63. The van der Waals surface area contributed by atoms with Crippen molar-refractivity contribution < 1.29 is 32.6 Å². The molecule has 1 amide bonds. The Morgan fingerprint density at radius 1 is 1.18 bits per heavy atom. The molecule has 11 heteroatoms. The fourth-order valence-corrected chi connectivity index (χ4v) is 6.27. The summed E-state index contributed by atoms with van der Waals surface area (Å²) in [7, 11) is -2.40. The number of methoxy groups -OCH3 is 1. The highest BCUT2D eigenvalue weighted by Crippen LogP contribution is 2.33. The maximum absolute atomic E-state index is 13.2. The molecular weight excluding hydrogens is 480 g/mol. The maximum Gasteiger partial charge on any atom is 0.411 e. The lowest BCUT2D eigenvalue weighted by molar-refractivity contribution is -0.138. The van der Waals surface area contributed by atoms with Gasteiger partial charge in [0, 0.05) is 17.8 Å². The Labute approximate surface area is 203 Å². The number of aliphatic carboxylic acids is 1. The predicted octanol–water partition coefficient (Wildman–Crippen LogP) is 4.15. The molecule has 0 spiro atoms. The van der Waals surface area contributed by atoms with Crippen LogP contribution in [0.25, 0.3) is 10.4 Å². The van der Waals surface area contributed by atoms with Crippen molar-refractivity contribution in [1.29, 1.82) is 0 Å². The molecule has 1 saturated heterocycles. The fraction of sp³-hybridized carbons (Fsp3) is 0.478. The summed E-state index contributed by atoms with van der Waals surface area (Å²) in [5, 5.41) is 9.18. The number of nitrogens with zero attached hydrogens (tertiary/aromatic N) is 1. The molecule has 9 nitrogen and oxygen atoms in total. The standard InChI is InChI=1S/C23H30N2O7S2/c1-23(2,3)32-22(28)25-12-11-15(14-20(26)27)13-19(25)24-34(29,30)21-10-9-18(33-21)16-5-7-17(31-4)8-6-16/h5-10,15,19,24H,11-14H2,1-4H3,(H,26,27)/t15?,19-/m0/s1. The summed E-state index contributed by atoms with van der Waals surface area (Å²) < 4.78 is 39.7. The van der Waals surface area contributed by atoms with Crippen LogP contribution in [-0.2, 0) is 19.6 Å². The SMILES string of the molecule is COc1ccc(-c2ccc(S(=O)(=O)N[C@@H]3CC(CC(=O)O)CCN3C(=O)OC(C)(C)C)s2)cc1. The van der Waals surface area contributed by atoms with Gasteiger partial charge in [0.1, 0.15) is 15.6 Å². The van der Waals surface area contributed by atoms with Gasteiger partial charge in [0.2, 0.25) is 0 Å². The summed E-state index contributed by atoms with van der Waals surface area (Å²) in [4.78, 5) is 26.1. The van der Waals surface area contributed by atoms with Crippen molar-refractivity contribution in [3.05, 3.63) is 36.4 Å². The van der Waals surface area contributed by atoms with E-state index in [0.717, 1.165) is 21.8 Å². The van der Waals surface area contributed by atoms with Crippen molar-refractivity contribution in [2.45, 2.75) is 56.0 Å². The van der Waals surface area contributed by atoms with Gasteiger partial charge in [-0.2, -0.15) is 4.72 Å². The molecular formula is C23H30N2O7S2. The van der Waals surface area contributed by atoms with E-state index < -0.39 is 33.9 Å². The molecule has 1 aliphatic heterocycles. The molecule has 0 bridgehead atoms. The zero-order chi connectivity index (χ0) is 25.1. The minimum atomic E-state index is -3.97. The highest BCUT2D eigenvalue weighted by atomic mass is 32.2. The van der Waals surface area contributed by atoms with Crippen molar-refractivity contribution >= 4 is 33.4 Å². The van der Waals surface area contributed by atoms with Crippen LogP contribution in [0.3, 0.4) is 0 Å². The molecule has 1 unspecified atom stereocenters. The third kappa shape index (κ3) is 6.71. The number of benzene rings is 1. The number of ether oxygens (including phenoxy) is 2. The summed E-state index contributed by atoms with van der Waals surface area (Å²) in [5.41, 5.74) is 0.0984. The average molecular weight is 511 g/mol. The molecule has 2 atom stereocenters. The number of carbonyl (C=O) groups is 2. The number of hydrogen-bond acceptors (Lipinski definition) is 7. The monoisotopic (exact) mass is 510 g/mol. The Balaban J connectivity index is 1.82. The van der Waals surface area contributed by atoms with Gasteiger partial charge in [-0.1, -0.05) is 0 Å². The van der Waals surface area contributed by atoms with Crippen LogP contribution in [0, 0.1) is 5.92 Å². The van der Waals surface area contributed by atoms with Gasteiger partial charge in [-0.15, -0.1) is 11.3 Å². The summed E-state index contributed by atoms with van der Waals surface area (Å²) in [5.74, 6) is -0.521. The van der Waals surface area contributed by atoms with E-state index in [4.69, 9.17) is 9.47 Å². The van der Waals surface area contributed by atoms with Crippen molar-refractivity contribution in [1.82, 2.24) is 9.62 Å². The molecule has 0 aliphatic carbocycles. The topological polar surface area (TPSA) is 122 Å². The van der Waals surface area contributed by atoms with Gasteiger partial charge in [0.25, 0.3) is 10.0 Å². The van der Waals surface area contributed by atoms with Crippen LogP contribution in [0.2, 0.25) is 0 Å². The van der Waals surface area contributed by atoms with E-state index in [0.29, 0.717) is 12.2 Å². The minimum absolute atomic E-state index is 0.0962. The molecule has 2 N–H and O–H groups in total. The zero-order valence-electron chi connectivity index (χ0n) is 19.6. The molecule has 34 heavy (non-hydrogen) atoms. The molecule has 0 saturated carbocycles. The van der Waals surface area contributed by atoms with Crippen LogP contribution in [-0.4, -0.2) is 55.9 Å². The van der Waals surface area contributed by atoms with Crippen LogP contribution in [0.1, 0.15) is 40.0 Å². The Bertz CT molecular complexity index is 1120. The smallest absolute Gasteiger partial charge is 0.411 e. The highest BCUT2D eigenvalue weighted by molar-refractivity contribution is 7.91. The summed E-state index contributed by atoms with van der Waals surface area (Å²) in [6.07, 6.45) is -1.02. The molecule has 0 radical (unpaired) electrons. The number of likely N-dealkylation sites (tertiary alicyclic amines) is 1. The number of thiophene rings is 1. The van der Waals surface area contributed by atoms with E-state index in [1.807, 2.05) is 12.1 Å². The molecule has 2 aromatic rings. The Morgan fingerprint density at radius 3 is 2.44 bits per heavy atom. The van der Waals surface area contributed by atoms with Crippen molar-refractivity contribution in [3.8, 4) is 16.2 Å². The van der Waals surface area contributed by atoms with E-state index in [9.17, 15) is 23.1 Å². The van der Waals surface area contributed by atoms with E-state index in [-0.39, 0.29) is 29.5 Å². The zero-order valence-corrected chi connectivity index (χ0v) is 21.2. The first-order chi connectivity index (χ1) is 15.9. The summed E-state index contributed by atoms with van der Waals surface area (Å²) in [6, 6.07) is 10.5. The second-order valence-corrected chi connectivity index (χ2v) is 12.2. The number of hydrogen-bond donors (Lipinski definition) is 2. The van der Waals surface area contributed by atoms with Crippen LogP contribution in [0.15, 0.2) is 40.6 Å². The van der Waals surface area contributed by atoms with E-state index in [1.165, 1.54) is 11.0 Å². The van der Waals surface area contributed by atoms with Gasteiger partial charge in [-0.25, -0.2) is 13.2 Å². The first kappa shape index (κ1) is 26.0. The lowest BCUT2D eigenvalue weighted by Crippen LogP contribution is -2.55. The van der Waals surface area contributed by atoms with E-state index in [2.05, 4.69) is 4.72 Å². The fourth-order valence-electron chi connectivity index (χ4n) is 3.73. The molecule has 1 fully saturated rings. The number of piperidine rings is 1. The van der Waals surface area contributed by atoms with Gasteiger partial charge < -0.3 is 14.6 Å². The molecule has 1 aromatic heterocycles. The second kappa shape index (κ2) is 10.3. The summed E-state index contributed by atoms with van der Waals surface area (Å²) in [6.45, 7) is 5.39. The Morgan fingerprint density at radius 2 is 1.85 bits per heavy atom. The van der Waals surface area contributed by atoms with Crippen LogP contribution >= 0.6 is 11.3 Å². The van der Waals surface area contributed by atoms with Gasteiger partial charge in [-0.3, -0.25) is 9.69 Å². The normalized spacial score (nSPS) is 19.0. The lowest BCUT2D eigenvalue weighted by atomic mass is 9.92. The van der Waals surface area contributed by atoms with Crippen LogP contribution in [0.5, 0.6) is 5.75 Å². The van der Waals surface area contributed by atoms with Crippen molar-refractivity contribution in [3.63, 3.8) is 0 Å².